The maximum absolute atomic E-state index is 10.8. The first-order chi connectivity index (χ1) is 8.75. The number of nitro benzene ring substituents is 1. The molecule has 3 rings (SSSR count). The number of non-ortho nitro benzene ring substituents is 1. The first-order valence-corrected chi connectivity index (χ1v) is 5.57. The highest BCUT2D eigenvalue weighted by molar-refractivity contribution is 5.96. The molecule has 0 spiro atoms. The average Bonchev–Trinajstić information content (AvgIpc) is 2.82. The fourth-order valence-electron chi connectivity index (χ4n) is 2.04. The topological polar surface area (TPSA) is 84.2 Å². The molecule has 0 aliphatic carbocycles. The van der Waals surface area contributed by atoms with Gasteiger partial charge in [-0.2, -0.15) is 5.10 Å². The van der Waals surface area contributed by atoms with Crippen LogP contribution < -0.4 is 0 Å². The van der Waals surface area contributed by atoms with Crippen LogP contribution in [0.5, 0.6) is 0 Å². The van der Waals surface area contributed by atoms with E-state index in [4.69, 9.17) is 0 Å². The monoisotopic (exact) mass is 242 g/mol. The summed E-state index contributed by atoms with van der Waals surface area (Å²) in [6.07, 6.45) is 4.45. The zero-order valence-corrected chi connectivity index (χ0v) is 9.46. The second-order valence-electron chi connectivity index (χ2n) is 4.06. The Balaban J connectivity index is 2.17. The number of aromatic amines is 1. The predicted molar refractivity (Wildman–Crippen MR) is 68.7 cm³/mol. The van der Waals surface area contributed by atoms with Crippen LogP contribution in [0, 0.1) is 10.1 Å². The molecule has 0 radical (unpaired) electrons. The molecule has 2 aromatic rings. The molecule has 0 bridgehead atoms. The summed E-state index contributed by atoms with van der Waals surface area (Å²) < 4.78 is 0. The third kappa shape index (κ3) is 1.67. The van der Waals surface area contributed by atoms with Gasteiger partial charge in [-0.25, -0.2) is 0 Å². The summed E-state index contributed by atoms with van der Waals surface area (Å²) in [5, 5.41) is 18.7. The Hall–Kier alpha value is -2.50. The number of nitrogens with one attached hydrogen (secondary N) is 1. The van der Waals surface area contributed by atoms with Crippen molar-refractivity contribution in [3.05, 3.63) is 40.1 Å². The van der Waals surface area contributed by atoms with E-state index in [9.17, 15) is 10.1 Å². The number of dihydropyridines is 1. The minimum Gasteiger partial charge on any atom is -0.293 e. The van der Waals surface area contributed by atoms with Crippen molar-refractivity contribution in [1.29, 1.82) is 0 Å². The van der Waals surface area contributed by atoms with Crippen LogP contribution in [0.15, 0.2) is 29.3 Å². The Labute approximate surface area is 102 Å². The molecule has 0 fully saturated rings. The predicted octanol–water partition coefficient (Wildman–Crippen LogP) is 2.33. The van der Waals surface area contributed by atoms with E-state index in [1.807, 2.05) is 6.08 Å². The van der Waals surface area contributed by atoms with Gasteiger partial charge in [-0.3, -0.25) is 20.2 Å². The maximum Gasteiger partial charge on any atom is 0.270 e. The van der Waals surface area contributed by atoms with Gasteiger partial charge in [0.15, 0.2) is 0 Å². The van der Waals surface area contributed by atoms with Crippen LogP contribution in [0.4, 0.5) is 5.69 Å². The van der Waals surface area contributed by atoms with E-state index in [-0.39, 0.29) is 5.69 Å². The highest BCUT2D eigenvalue weighted by atomic mass is 16.6. The molecule has 0 saturated heterocycles. The Morgan fingerprint density at radius 1 is 1.39 bits per heavy atom. The summed E-state index contributed by atoms with van der Waals surface area (Å²) >= 11 is 0. The second kappa shape index (κ2) is 4.06. The number of benzene rings is 1. The van der Waals surface area contributed by atoms with E-state index in [1.54, 1.807) is 18.3 Å². The van der Waals surface area contributed by atoms with Gasteiger partial charge >= 0.3 is 0 Å². The van der Waals surface area contributed by atoms with Crippen molar-refractivity contribution >= 4 is 28.4 Å². The van der Waals surface area contributed by atoms with Gasteiger partial charge in [-0.1, -0.05) is 0 Å². The zero-order chi connectivity index (χ0) is 12.5. The smallest absolute Gasteiger partial charge is 0.270 e. The molecule has 0 atom stereocenters. The Morgan fingerprint density at radius 2 is 2.28 bits per heavy atom. The van der Waals surface area contributed by atoms with Crippen molar-refractivity contribution in [2.75, 3.05) is 6.54 Å². The molecule has 0 amide bonds. The van der Waals surface area contributed by atoms with Gasteiger partial charge in [0.05, 0.1) is 16.1 Å². The Kier molecular flexibility index (Phi) is 2.40. The fraction of sp³-hybridized carbons (Fsp3) is 0.167. The van der Waals surface area contributed by atoms with E-state index in [2.05, 4.69) is 15.2 Å². The molecule has 90 valence electrons. The van der Waals surface area contributed by atoms with Crippen LogP contribution in [-0.4, -0.2) is 27.9 Å². The molecular weight excluding hydrogens is 232 g/mol. The summed E-state index contributed by atoms with van der Waals surface area (Å²) in [7, 11) is 0. The average molecular weight is 242 g/mol. The number of nitrogens with zero attached hydrogens (tertiary/aromatic N) is 3. The lowest BCUT2D eigenvalue weighted by Gasteiger charge is -2.05. The van der Waals surface area contributed by atoms with Crippen LogP contribution in [-0.2, 0) is 0 Å². The summed E-state index contributed by atoms with van der Waals surface area (Å²) in [5.74, 6) is 0. The Morgan fingerprint density at radius 3 is 3.00 bits per heavy atom. The van der Waals surface area contributed by atoms with E-state index in [0.29, 0.717) is 0 Å². The number of nitro groups is 1. The van der Waals surface area contributed by atoms with Gasteiger partial charge in [0.1, 0.15) is 0 Å². The number of aliphatic imine (C=N–C) groups is 1. The summed E-state index contributed by atoms with van der Waals surface area (Å²) in [5.41, 5.74) is 2.71. The highest BCUT2D eigenvalue weighted by Gasteiger charge is 2.15. The largest absolute Gasteiger partial charge is 0.293 e. The van der Waals surface area contributed by atoms with Gasteiger partial charge < -0.3 is 0 Å². The van der Waals surface area contributed by atoms with Crippen molar-refractivity contribution in [3.8, 4) is 0 Å². The Bertz CT molecular complexity index is 684. The van der Waals surface area contributed by atoms with Gasteiger partial charge in [-0.15, -0.1) is 0 Å². The third-order valence-electron chi connectivity index (χ3n) is 2.95. The highest BCUT2D eigenvalue weighted by Crippen LogP contribution is 2.28. The molecule has 0 unspecified atom stereocenters. The van der Waals surface area contributed by atoms with Crippen molar-refractivity contribution < 1.29 is 4.92 Å². The number of fused-ring (bicyclic) bond motifs is 1. The van der Waals surface area contributed by atoms with Crippen LogP contribution in [0.25, 0.3) is 16.5 Å². The minimum absolute atomic E-state index is 0.0789. The van der Waals surface area contributed by atoms with Gasteiger partial charge in [0.2, 0.25) is 0 Å². The third-order valence-corrected chi connectivity index (χ3v) is 2.95. The normalized spacial score (nSPS) is 14.8. The van der Waals surface area contributed by atoms with Crippen LogP contribution in [0.1, 0.15) is 12.1 Å². The second-order valence-corrected chi connectivity index (χ2v) is 4.06. The molecule has 1 N–H and O–H groups in total. The first-order valence-electron chi connectivity index (χ1n) is 5.57. The van der Waals surface area contributed by atoms with Crippen molar-refractivity contribution in [1.82, 2.24) is 10.2 Å². The summed E-state index contributed by atoms with van der Waals surface area (Å²) in [6, 6.07) is 4.71. The molecule has 6 nitrogen and oxygen atoms in total. The number of hydrogen-bond donors (Lipinski definition) is 1. The molecular formula is C12H10N4O2. The quantitative estimate of drug-likeness (QED) is 0.647. The first kappa shape index (κ1) is 10.6. The van der Waals surface area contributed by atoms with Crippen molar-refractivity contribution in [2.45, 2.75) is 6.42 Å². The standard InChI is InChI=1S/C12H10N4O2/c17-16(18)9-1-2-11-10(7-9)12(15-14-11)8-3-5-13-6-4-8/h1-3,5,7H,4,6H2,(H,14,15). The molecule has 1 aliphatic rings. The zero-order valence-electron chi connectivity index (χ0n) is 9.46. The number of allylic oxidation sites excluding steroid dienone is 1. The summed E-state index contributed by atoms with van der Waals surface area (Å²) in [4.78, 5) is 14.5. The van der Waals surface area contributed by atoms with Crippen LogP contribution in [0.2, 0.25) is 0 Å². The molecule has 6 heteroatoms. The number of hydrogen-bond acceptors (Lipinski definition) is 4. The molecule has 1 aromatic heterocycles. The lowest BCUT2D eigenvalue weighted by atomic mass is 10.0. The van der Waals surface area contributed by atoms with E-state index < -0.39 is 4.92 Å². The SMILES string of the molecule is O=[N+]([O-])c1ccc2[nH]nc(C3=CC=NCC3)c2c1. The lowest BCUT2D eigenvalue weighted by molar-refractivity contribution is -0.384. The molecule has 1 aromatic carbocycles. The van der Waals surface area contributed by atoms with Gasteiger partial charge in [0, 0.05) is 30.3 Å². The van der Waals surface area contributed by atoms with Crippen molar-refractivity contribution in [2.24, 2.45) is 4.99 Å². The molecule has 1 aliphatic heterocycles. The fourth-order valence-corrected chi connectivity index (χ4v) is 2.04. The molecule has 18 heavy (non-hydrogen) atoms. The molecule has 2 heterocycles. The van der Waals surface area contributed by atoms with E-state index in [1.165, 1.54) is 6.07 Å². The lowest BCUT2D eigenvalue weighted by Crippen LogP contribution is -1.95. The number of aromatic nitrogens is 2. The molecule has 0 saturated carbocycles. The van der Waals surface area contributed by atoms with Crippen LogP contribution in [0.3, 0.4) is 0 Å². The maximum atomic E-state index is 10.8. The van der Waals surface area contributed by atoms with E-state index >= 15 is 0 Å². The number of rotatable bonds is 2. The van der Waals surface area contributed by atoms with Crippen molar-refractivity contribution in [3.63, 3.8) is 0 Å². The van der Waals surface area contributed by atoms with E-state index in [0.717, 1.165) is 35.1 Å². The summed E-state index contributed by atoms with van der Waals surface area (Å²) in [6.45, 7) is 0.731. The van der Waals surface area contributed by atoms with Gasteiger partial charge in [0.25, 0.3) is 5.69 Å². The minimum atomic E-state index is -0.396. The van der Waals surface area contributed by atoms with Crippen LogP contribution >= 0.6 is 0 Å². The number of H-pyrrole nitrogens is 1. The van der Waals surface area contributed by atoms with Gasteiger partial charge in [-0.05, 0) is 24.1 Å².